The first-order valence-corrected chi connectivity index (χ1v) is 3.71. The average Bonchev–Trinajstić information content (AvgIpc) is 2.46. The molecule has 0 spiro atoms. The number of rotatable bonds is 1. The second kappa shape index (κ2) is 2.87. The van der Waals surface area contributed by atoms with Gasteiger partial charge in [0.25, 0.3) is 0 Å². The maximum absolute atomic E-state index is 12.7. The lowest BCUT2D eigenvalue weighted by Crippen LogP contribution is -2.28. The van der Waals surface area contributed by atoms with Gasteiger partial charge in [-0.1, -0.05) is 0 Å². The van der Waals surface area contributed by atoms with E-state index in [1.54, 1.807) is 0 Å². The van der Waals surface area contributed by atoms with Crippen molar-refractivity contribution in [3.05, 3.63) is 30.3 Å². The summed E-state index contributed by atoms with van der Waals surface area (Å²) in [6.07, 6.45) is 1.20. The Bertz CT molecular complexity index is 438. The van der Waals surface area contributed by atoms with Crippen LogP contribution in [0.15, 0.2) is 28.9 Å². The lowest BCUT2D eigenvalue weighted by atomic mass is 9.80. The second-order valence-electron chi connectivity index (χ2n) is 2.71. The fourth-order valence-electron chi connectivity index (χ4n) is 1.22. The standard InChI is InChI=1S/C8H6BFO3/c10-5-1-2-6-7(9(11)12)4-13-8(6)3-5/h1-4,11-12H. The molecule has 1 heterocycles. The van der Waals surface area contributed by atoms with Gasteiger partial charge in [-0.05, 0) is 12.1 Å². The van der Waals surface area contributed by atoms with E-state index >= 15 is 0 Å². The first-order chi connectivity index (χ1) is 6.18. The third-order valence-corrected chi connectivity index (χ3v) is 1.85. The normalized spacial score (nSPS) is 10.7. The van der Waals surface area contributed by atoms with E-state index < -0.39 is 12.9 Å². The number of fused-ring (bicyclic) bond motifs is 1. The van der Waals surface area contributed by atoms with Crippen LogP contribution < -0.4 is 5.46 Å². The Hall–Kier alpha value is -1.33. The van der Waals surface area contributed by atoms with Crippen LogP contribution in [0.4, 0.5) is 4.39 Å². The van der Waals surface area contributed by atoms with Crippen molar-refractivity contribution in [3.63, 3.8) is 0 Å². The summed E-state index contributed by atoms with van der Waals surface area (Å²) >= 11 is 0. The first kappa shape index (κ1) is 8.28. The summed E-state index contributed by atoms with van der Waals surface area (Å²) in [4.78, 5) is 0. The Morgan fingerprint density at radius 2 is 2.08 bits per heavy atom. The van der Waals surface area contributed by atoms with Crippen LogP contribution in [0.3, 0.4) is 0 Å². The molecule has 1 aromatic carbocycles. The molecule has 0 radical (unpaired) electrons. The minimum absolute atomic E-state index is 0.245. The van der Waals surface area contributed by atoms with Crippen LogP contribution in [-0.2, 0) is 0 Å². The molecule has 0 aliphatic heterocycles. The molecule has 0 amide bonds. The van der Waals surface area contributed by atoms with Gasteiger partial charge in [-0.3, -0.25) is 0 Å². The van der Waals surface area contributed by atoms with Crippen LogP contribution in [-0.4, -0.2) is 17.2 Å². The summed E-state index contributed by atoms with van der Waals surface area (Å²) in [5.74, 6) is -0.416. The molecule has 0 aliphatic carbocycles. The minimum Gasteiger partial charge on any atom is -0.465 e. The molecule has 0 atom stereocenters. The Morgan fingerprint density at radius 1 is 1.31 bits per heavy atom. The molecule has 0 fully saturated rings. The van der Waals surface area contributed by atoms with E-state index in [0.29, 0.717) is 11.0 Å². The summed E-state index contributed by atoms with van der Waals surface area (Å²) in [5, 5.41) is 18.3. The minimum atomic E-state index is -1.59. The third kappa shape index (κ3) is 1.32. The van der Waals surface area contributed by atoms with Crippen LogP contribution in [0.25, 0.3) is 11.0 Å². The Kier molecular flexibility index (Phi) is 1.83. The van der Waals surface area contributed by atoms with Gasteiger partial charge in [0.1, 0.15) is 11.4 Å². The quantitative estimate of drug-likeness (QED) is 0.618. The third-order valence-electron chi connectivity index (χ3n) is 1.85. The fraction of sp³-hybridized carbons (Fsp3) is 0. The van der Waals surface area contributed by atoms with Crippen molar-refractivity contribution in [1.29, 1.82) is 0 Å². The highest BCUT2D eigenvalue weighted by Gasteiger charge is 2.17. The summed E-state index contributed by atoms with van der Waals surface area (Å²) in [6, 6.07) is 3.88. The molecule has 2 rings (SSSR count). The average molecular weight is 180 g/mol. The highest BCUT2D eigenvalue weighted by molar-refractivity contribution is 6.61. The van der Waals surface area contributed by atoms with Gasteiger partial charge in [-0.25, -0.2) is 4.39 Å². The number of benzene rings is 1. The van der Waals surface area contributed by atoms with E-state index in [2.05, 4.69) is 0 Å². The van der Waals surface area contributed by atoms with Crippen LogP contribution in [0.2, 0.25) is 0 Å². The molecular formula is C8H6BFO3. The van der Waals surface area contributed by atoms with Gasteiger partial charge in [0.15, 0.2) is 0 Å². The molecule has 13 heavy (non-hydrogen) atoms. The molecule has 0 aliphatic rings. The molecule has 0 bridgehead atoms. The van der Waals surface area contributed by atoms with E-state index in [1.807, 2.05) is 0 Å². The lowest BCUT2D eigenvalue weighted by Gasteiger charge is -1.93. The second-order valence-corrected chi connectivity index (χ2v) is 2.71. The summed E-state index contributed by atoms with van der Waals surface area (Å²) in [6.45, 7) is 0. The summed E-state index contributed by atoms with van der Waals surface area (Å²) < 4.78 is 17.6. The monoisotopic (exact) mass is 180 g/mol. The maximum Gasteiger partial charge on any atom is 0.492 e. The van der Waals surface area contributed by atoms with E-state index in [0.717, 1.165) is 0 Å². The smallest absolute Gasteiger partial charge is 0.465 e. The van der Waals surface area contributed by atoms with E-state index in [9.17, 15) is 4.39 Å². The molecule has 3 nitrogen and oxygen atoms in total. The summed E-state index contributed by atoms with van der Waals surface area (Å²) in [5.41, 5.74) is 0.554. The van der Waals surface area contributed by atoms with E-state index in [1.165, 1.54) is 24.5 Å². The molecular weight excluding hydrogens is 174 g/mol. The van der Waals surface area contributed by atoms with Gasteiger partial charge in [-0.15, -0.1) is 0 Å². The number of hydrogen-bond donors (Lipinski definition) is 2. The molecule has 5 heteroatoms. The Labute approximate surface area is 73.6 Å². The van der Waals surface area contributed by atoms with Crippen molar-refractivity contribution < 1.29 is 18.9 Å². The van der Waals surface area contributed by atoms with E-state index in [-0.39, 0.29) is 5.46 Å². The van der Waals surface area contributed by atoms with Crippen molar-refractivity contribution >= 4 is 23.6 Å². The molecule has 0 saturated carbocycles. The van der Waals surface area contributed by atoms with Gasteiger partial charge < -0.3 is 14.5 Å². The highest BCUT2D eigenvalue weighted by atomic mass is 19.1. The van der Waals surface area contributed by atoms with Crippen LogP contribution in [0, 0.1) is 5.82 Å². The Balaban J connectivity index is 2.69. The highest BCUT2D eigenvalue weighted by Crippen LogP contribution is 2.14. The van der Waals surface area contributed by atoms with Crippen LogP contribution in [0.1, 0.15) is 0 Å². The van der Waals surface area contributed by atoms with Gasteiger partial charge in [0.05, 0.1) is 6.26 Å². The fourth-order valence-corrected chi connectivity index (χ4v) is 1.22. The maximum atomic E-state index is 12.7. The van der Waals surface area contributed by atoms with Crippen LogP contribution in [0.5, 0.6) is 0 Å². The van der Waals surface area contributed by atoms with Crippen molar-refractivity contribution in [3.8, 4) is 0 Å². The van der Waals surface area contributed by atoms with Gasteiger partial charge >= 0.3 is 7.12 Å². The zero-order valence-electron chi connectivity index (χ0n) is 6.57. The van der Waals surface area contributed by atoms with Crippen molar-refractivity contribution in [2.75, 3.05) is 0 Å². The number of halogens is 1. The summed E-state index contributed by atoms with van der Waals surface area (Å²) in [7, 11) is -1.59. The van der Waals surface area contributed by atoms with Crippen molar-refractivity contribution in [2.45, 2.75) is 0 Å². The van der Waals surface area contributed by atoms with Crippen LogP contribution >= 0.6 is 0 Å². The Morgan fingerprint density at radius 3 is 2.77 bits per heavy atom. The molecule has 0 unspecified atom stereocenters. The van der Waals surface area contributed by atoms with Gasteiger partial charge in [0, 0.05) is 16.9 Å². The molecule has 2 N–H and O–H groups in total. The molecule has 2 aromatic rings. The van der Waals surface area contributed by atoms with Gasteiger partial charge in [0.2, 0.25) is 0 Å². The molecule has 0 saturated heterocycles. The largest absolute Gasteiger partial charge is 0.492 e. The van der Waals surface area contributed by atoms with E-state index in [4.69, 9.17) is 14.5 Å². The topological polar surface area (TPSA) is 53.6 Å². The van der Waals surface area contributed by atoms with Gasteiger partial charge in [-0.2, -0.15) is 0 Å². The molecule has 66 valence electrons. The lowest BCUT2D eigenvalue weighted by molar-refractivity contribution is 0.425. The zero-order chi connectivity index (χ0) is 9.42. The predicted molar refractivity (Wildman–Crippen MR) is 46.0 cm³/mol. The number of hydrogen-bond acceptors (Lipinski definition) is 3. The zero-order valence-corrected chi connectivity index (χ0v) is 6.57. The predicted octanol–water partition coefficient (Wildman–Crippen LogP) is 0.252. The first-order valence-electron chi connectivity index (χ1n) is 3.71. The van der Waals surface area contributed by atoms with Crippen molar-refractivity contribution in [1.82, 2.24) is 0 Å². The number of furan rings is 1. The van der Waals surface area contributed by atoms with Crippen molar-refractivity contribution in [2.24, 2.45) is 0 Å². The SMILES string of the molecule is OB(O)c1coc2cc(F)ccc12. The molecule has 1 aromatic heterocycles.